The monoisotopic (exact) mass is 258 g/mol. The molecule has 1 rings (SSSR count). The van der Waals surface area contributed by atoms with E-state index < -0.39 is 4.92 Å². The first-order valence-corrected chi connectivity index (χ1v) is 5.82. The highest BCUT2D eigenvalue weighted by molar-refractivity contribution is 6.28. The Morgan fingerprint density at radius 1 is 1.59 bits per heavy atom. The zero-order valence-corrected chi connectivity index (χ0v) is 10.8. The van der Waals surface area contributed by atoms with E-state index in [-0.39, 0.29) is 22.8 Å². The van der Waals surface area contributed by atoms with Gasteiger partial charge in [0.05, 0.1) is 4.92 Å². The largest absolute Gasteiger partial charge is 0.348 e. The number of nitro groups is 1. The summed E-state index contributed by atoms with van der Waals surface area (Å²) in [6, 6.07) is 0.157. The highest BCUT2D eigenvalue weighted by Gasteiger charge is 2.24. The van der Waals surface area contributed by atoms with Crippen LogP contribution in [0, 0.1) is 10.1 Å². The Labute approximate surface area is 105 Å². The van der Waals surface area contributed by atoms with Crippen molar-refractivity contribution >= 4 is 23.1 Å². The van der Waals surface area contributed by atoms with Gasteiger partial charge in [0.25, 0.3) is 0 Å². The summed E-state index contributed by atoms with van der Waals surface area (Å²) in [7, 11) is 0. The second-order valence-corrected chi connectivity index (χ2v) is 3.99. The third kappa shape index (κ3) is 3.03. The number of aromatic nitrogens is 2. The standard InChI is InChI=1S/C10H15ClN4O2/c1-4-7(3)14(5-2)9-8(15(16)17)6-12-10(11)13-9/h6-7H,4-5H2,1-3H3. The first-order valence-electron chi connectivity index (χ1n) is 5.44. The Kier molecular flexibility index (Phi) is 4.62. The Morgan fingerprint density at radius 3 is 2.71 bits per heavy atom. The number of rotatable bonds is 5. The maximum atomic E-state index is 10.9. The van der Waals surface area contributed by atoms with Crippen molar-refractivity contribution in [2.24, 2.45) is 0 Å². The van der Waals surface area contributed by atoms with Crippen molar-refractivity contribution < 1.29 is 4.92 Å². The zero-order valence-electron chi connectivity index (χ0n) is 10.1. The molecule has 1 heterocycles. The molecular formula is C10H15ClN4O2. The molecular weight excluding hydrogens is 244 g/mol. The lowest BCUT2D eigenvalue weighted by Crippen LogP contribution is -2.33. The summed E-state index contributed by atoms with van der Waals surface area (Å²) in [5.41, 5.74) is -0.114. The van der Waals surface area contributed by atoms with E-state index in [1.165, 1.54) is 0 Å². The molecule has 0 saturated carbocycles. The van der Waals surface area contributed by atoms with Gasteiger partial charge in [-0.25, -0.2) is 4.98 Å². The SMILES string of the molecule is CCC(C)N(CC)c1nc(Cl)ncc1[N+](=O)[O-]. The van der Waals surface area contributed by atoms with E-state index in [0.29, 0.717) is 6.54 Å². The molecule has 1 unspecified atom stereocenters. The number of hydrogen-bond acceptors (Lipinski definition) is 5. The number of anilines is 1. The average Bonchev–Trinajstić information content (AvgIpc) is 2.29. The fraction of sp³-hybridized carbons (Fsp3) is 0.600. The summed E-state index contributed by atoms with van der Waals surface area (Å²) in [5.74, 6) is 0.284. The maximum Gasteiger partial charge on any atom is 0.329 e. The molecule has 0 aliphatic rings. The van der Waals surface area contributed by atoms with Crippen molar-refractivity contribution in [2.75, 3.05) is 11.4 Å². The Balaban J connectivity index is 3.25. The molecule has 17 heavy (non-hydrogen) atoms. The fourth-order valence-corrected chi connectivity index (χ4v) is 1.71. The first-order chi connectivity index (χ1) is 8.01. The van der Waals surface area contributed by atoms with Crippen LogP contribution in [0.4, 0.5) is 11.5 Å². The van der Waals surface area contributed by atoms with Crippen LogP contribution in [-0.4, -0.2) is 27.5 Å². The number of nitrogens with zero attached hydrogens (tertiary/aromatic N) is 4. The lowest BCUT2D eigenvalue weighted by atomic mass is 10.2. The van der Waals surface area contributed by atoms with Crippen molar-refractivity contribution in [3.63, 3.8) is 0 Å². The minimum atomic E-state index is -0.489. The van der Waals surface area contributed by atoms with Gasteiger partial charge >= 0.3 is 5.69 Å². The molecule has 7 heteroatoms. The van der Waals surface area contributed by atoms with Crippen LogP contribution in [-0.2, 0) is 0 Å². The molecule has 94 valence electrons. The molecule has 0 fully saturated rings. The van der Waals surface area contributed by atoms with E-state index in [1.807, 2.05) is 25.7 Å². The second kappa shape index (κ2) is 5.77. The molecule has 0 N–H and O–H groups in total. The average molecular weight is 259 g/mol. The highest BCUT2D eigenvalue weighted by Crippen LogP contribution is 2.27. The molecule has 1 aromatic heterocycles. The molecule has 0 saturated heterocycles. The molecule has 0 aliphatic heterocycles. The number of hydrogen-bond donors (Lipinski definition) is 0. The van der Waals surface area contributed by atoms with Gasteiger partial charge in [-0.3, -0.25) is 10.1 Å². The van der Waals surface area contributed by atoms with Crippen molar-refractivity contribution in [1.29, 1.82) is 0 Å². The molecule has 1 aromatic rings. The van der Waals surface area contributed by atoms with Crippen LogP contribution in [0.3, 0.4) is 0 Å². The van der Waals surface area contributed by atoms with Gasteiger partial charge in [0.1, 0.15) is 6.20 Å². The Morgan fingerprint density at radius 2 is 2.24 bits per heavy atom. The maximum absolute atomic E-state index is 10.9. The third-order valence-corrected chi connectivity index (χ3v) is 2.84. The third-order valence-electron chi connectivity index (χ3n) is 2.65. The summed E-state index contributed by atoms with van der Waals surface area (Å²) in [5, 5.41) is 10.9. The Bertz CT molecular complexity index is 413. The van der Waals surface area contributed by atoms with Gasteiger partial charge < -0.3 is 4.90 Å². The molecule has 6 nitrogen and oxygen atoms in total. The van der Waals surface area contributed by atoms with Crippen LogP contribution < -0.4 is 4.90 Å². The van der Waals surface area contributed by atoms with E-state index in [9.17, 15) is 10.1 Å². The predicted molar refractivity (Wildman–Crippen MR) is 66.5 cm³/mol. The van der Waals surface area contributed by atoms with Gasteiger partial charge in [0, 0.05) is 12.6 Å². The van der Waals surface area contributed by atoms with Crippen LogP contribution in [0.25, 0.3) is 0 Å². The lowest BCUT2D eigenvalue weighted by molar-refractivity contribution is -0.384. The molecule has 1 atom stereocenters. The minimum Gasteiger partial charge on any atom is -0.348 e. The molecule has 0 aliphatic carbocycles. The Hall–Kier alpha value is -1.43. The minimum absolute atomic E-state index is 0.0207. The summed E-state index contributed by atoms with van der Waals surface area (Å²) in [6.45, 7) is 6.56. The normalized spacial score (nSPS) is 12.2. The summed E-state index contributed by atoms with van der Waals surface area (Å²) in [4.78, 5) is 19.9. The molecule has 0 radical (unpaired) electrons. The van der Waals surface area contributed by atoms with Crippen molar-refractivity contribution in [3.8, 4) is 0 Å². The summed E-state index contributed by atoms with van der Waals surface area (Å²) in [6.07, 6.45) is 2.02. The van der Waals surface area contributed by atoms with Crippen LogP contribution in [0.15, 0.2) is 6.20 Å². The topological polar surface area (TPSA) is 72.2 Å². The quantitative estimate of drug-likeness (QED) is 0.461. The second-order valence-electron chi connectivity index (χ2n) is 3.65. The van der Waals surface area contributed by atoms with E-state index in [0.717, 1.165) is 12.6 Å². The first kappa shape index (κ1) is 13.6. The molecule has 0 spiro atoms. The fourth-order valence-electron chi connectivity index (χ4n) is 1.58. The van der Waals surface area contributed by atoms with Crippen molar-refractivity contribution in [3.05, 3.63) is 21.6 Å². The smallest absolute Gasteiger partial charge is 0.329 e. The zero-order chi connectivity index (χ0) is 13.0. The van der Waals surface area contributed by atoms with Gasteiger partial charge in [-0.1, -0.05) is 6.92 Å². The van der Waals surface area contributed by atoms with Crippen molar-refractivity contribution in [2.45, 2.75) is 33.2 Å². The molecule has 0 amide bonds. The van der Waals surface area contributed by atoms with Gasteiger partial charge in [0.2, 0.25) is 11.1 Å². The van der Waals surface area contributed by atoms with Gasteiger partial charge in [-0.2, -0.15) is 4.98 Å². The van der Waals surface area contributed by atoms with Crippen LogP contribution in [0.1, 0.15) is 27.2 Å². The summed E-state index contributed by atoms with van der Waals surface area (Å²) < 4.78 is 0. The van der Waals surface area contributed by atoms with Crippen LogP contribution in [0.5, 0.6) is 0 Å². The number of halogens is 1. The van der Waals surface area contributed by atoms with Crippen molar-refractivity contribution in [1.82, 2.24) is 9.97 Å². The van der Waals surface area contributed by atoms with Crippen LogP contribution >= 0.6 is 11.6 Å². The molecule has 0 bridgehead atoms. The predicted octanol–water partition coefficient (Wildman–Crippen LogP) is 2.66. The van der Waals surface area contributed by atoms with Gasteiger partial charge in [0.15, 0.2) is 0 Å². The highest BCUT2D eigenvalue weighted by atomic mass is 35.5. The van der Waals surface area contributed by atoms with E-state index >= 15 is 0 Å². The van der Waals surface area contributed by atoms with Gasteiger partial charge in [-0.15, -0.1) is 0 Å². The summed E-state index contributed by atoms with van der Waals surface area (Å²) >= 11 is 5.70. The molecule has 0 aromatic carbocycles. The van der Waals surface area contributed by atoms with Crippen LogP contribution in [0.2, 0.25) is 5.28 Å². The van der Waals surface area contributed by atoms with E-state index in [1.54, 1.807) is 0 Å². The lowest BCUT2D eigenvalue weighted by Gasteiger charge is -2.27. The van der Waals surface area contributed by atoms with E-state index in [4.69, 9.17) is 11.6 Å². The van der Waals surface area contributed by atoms with E-state index in [2.05, 4.69) is 9.97 Å². The van der Waals surface area contributed by atoms with Gasteiger partial charge in [-0.05, 0) is 31.9 Å².